The number of aryl methyl sites for hydroxylation is 1. The van der Waals surface area contributed by atoms with Gasteiger partial charge in [0.2, 0.25) is 5.91 Å². The summed E-state index contributed by atoms with van der Waals surface area (Å²) in [6.45, 7) is 11.5. The standard InChI is InChI=1S/C19H28N2O/c1-15(2)12-21-14-19(18(21)22)8-10-20(11-9-19)13-17-6-4-16(3)5-7-17/h4-7,15H,8-14H2,1-3H3. The summed E-state index contributed by atoms with van der Waals surface area (Å²) < 4.78 is 0. The van der Waals surface area contributed by atoms with E-state index >= 15 is 0 Å². The Labute approximate surface area is 134 Å². The number of benzene rings is 1. The minimum absolute atomic E-state index is 0.0152. The van der Waals surface area contributed by atoms with Crippen LogP contribution in [-0.4, -0.2) is 41.9 Å². The van der Waals surface area contributed by atoms with E-state index in [0.717, 1.165) is 45.6 Å². The van der Waals surface area contributed by atoms with Gasteiger partial charge in [0.15, 0.2) is 0 Å². The Bertz CT molecular complexity index is 527. The predicted octanol–water partition coefficient (Wildman–Crippen LogP) is 3.08. The minimum Gasteiger partial charge on any atom is -0.341 e. The Morgan fingerprint density at radius 2 is 1.77 bits per heavy atom. The first-order chi connectivity index (χ1) is 10.5. The number of likely N-dealkylation sites (tertiary alicyclic amines) is 2. The number of nitrogens with zero attached hydrogens (tertiary/aromatic N) is 2. The maximum Gasteiger partial charge on any atom is 0.230 e. The molecule has 2 aliphatic heterocycles. The largest absolute Gasteiger partial charge is 0.341 e. The molecule has 0 bridgehead atoms. The van der Waals surface area contributed by atoms with Gasteiger partial charge in [-0.2, -0.15) is 0 Å². The monoisotopic (exact) mass is 300 g/mol. The third-order valence-electron chi connectivity index (χ3n) is 5.16. The molecule has 2 saturated heterocycles. The molecule has 0 N–H and O–H groups in total. The smallest absolute Gasteiger partial charge is 0.230 e. The zero-order chi connectivity index (χ0) is 15.7. The summed E-state index contributed by atoms with van der Waals surface area (Å²) >= 11 is 0. The van der Waals surface area contributed by atoms with Crippen molar-refractivity contribution in [2.75, 3.05) is 26.2 Å². The van der Waals surface area contributed by atoms with E-state index in [9.17, 15) is 4.79 Å². The molecule has 0 atom stereocenters. The van der Waals surface area contributed by atoms with Crippen LogP contribution in [0, 0.1) is 18.3 Å². The summed E-state index contributed by atoms with van der Waals surface area (Å²) in [5.41, 5.74) is 2.67. The van der Waals surface area contributed by atoms with Crippen LogP contribution in [0.2, 0.25) is 0 Å². The van der Waals surface area contributed by atoms with Crippen LogP contribution in [0.5, 0.6) is 0 Å². The quantitative estimate of drug-likeness (QED) is 0.798. The second-order valence-electron chi connectivity index (χ2n) is 7.62. The first kappa shape index (κ1) is 15.5. The number of rotatable bonds is 4. The van der Waals surface area contributed by atoms with E-state index < -0.39 is 0 Å². The third kappa shape index (κ3) is 3.05. The summed E-state index contributed by atoms with van der Waals surface area (Å²) in [7, 11) is 0. The molecule has 2 aliphatic rings. The van der Waals surface area contributed by atoms with E-state index in [1.54, 1.807) is 0 Å². The summed E-state index contributed by atoms with van der Waals surface area (Å²) in [5, 5.41) is 0. The van der Waals surface area contributed by atoms with Crippen molar-refractivity contribution in [2.45, 2.75) is 40.2 Å². The van der Waals surface area contributed by atoms with Crippen LogP contribution >= 0.6 is 0 Å². The van der Waals surface area contributed by atoms with Crippen molar-refractivity contribution >= 4 is 5.91 Å². The fourth-order valence-electron chi connectivity index (χ4n) is 3.80. The Morgan fingerprint density at radius 3 is 2.32 bits per heavy atom. The molecule has 0 radical (unpaired) electrons. The molecule has 1 amide bonds. The van der Waals surface area contributed by atoms with Crippen molar-refractivity contribution < 1.29 is 4.79 Å². The number of hydrogen-bond donors (Lipinski definition) is 0. The molecule has 2 heterocycles. The van der Waals surface area contributed by atoms with Gasteiger partial charge in [-0.15, -0.1) is 0 Å². The second kappa shape index (κ2) is 6.04. The van der Waals surface area contributed by atoms with Gasteiger partial charge in [0.25, 0.3) is 0 Å². The summed E-state index contributed by atoms with van der Waals surface area (Å²) in [5.74, 6) is 0.985. The molecule has 0 aliphatic carbocycles. The molecule has 3 heteroatoms. The zero-order valence-electron chi connectivity index (χ0n) is 14.1. The number of carbonyl (C=O) groups excluding carboxylic acids is 1. The molecule has 120 valence electrons. The molecule has 3 nitrogen and oxygen atoms in total. The molecule has 2 fully saturated rings. The van der Waals surface area contributed by atoms with Gasteiger partial charge in [-0.25, -0.2) is 0 Å². The van der Waals surface area contributed by atoms with Crippen LogP contribution in [-0.2, 0) is 11.3 Å². The van der Waals surface area contributed by atoms with Gasteiger partial charge in [0.05, 0.1) is 5.41 Å². The minimum atomic E-state index is -0.0152. The number of carbonyl (C=O) groups is 1. The molecule has 1 aromatic rings. The predicted molar refractivity (Wildman–Crippen MR) is 89.5 cm³/mol. The van der Waals surface area contributed by atoms with Gasteiger partial charge in [-0.3, -0.25) is 9.69 Å². The number of hydrogen-bond acceptors (Lipinski definition) is 2. The van der Waals surface area contributed by atoms with Gasteiger partial charge in [0, 0.05) is 19.6 Å². The lowest BCUT2D eigenvalue weighted by Crippen LogP contribution is -2.65. The van der Waals surface area contributed by atoms with E-state index in [1.165, 1.54) is 11.1 Å². The highest BCUT2D eigenvalue weighted by Crippen LogP contribution is 2.42. The van der Waals surface area contributed by atoms with E-state index in [-0.39, 0.29) is 5.41 Å². The lowest BCUT2D eigenvalue weighted by molar-refractivity contribution is -0.166. The highest BCUT2D eigenvalue weighted by atomic mass is 16.2. The number of amides is 1. The van der Waals surface area contributed by atoms with E-state index in [2.05, 4.69) is 54.8 Å². The fourth-order valence-corrected chi connectivity index (χ4v) is 3.80. The van der Waals surface area contributed by atoms with Crippen molar-refractivity contribution in [2.24, 2.45) is 11.3 Å². The highest BCUT2D eigenvalue weighted by molar-refractivity contribution is 5.89. The number of β-lactam (4-membered cyclic amide) rings is 1. The fraction of sp³-hybridized carbons (Fsp3) is 0.632. The van der Waals surface area contributed by atoms with Gasteiger partial charge in [-0.1, -0.05) is 43.7 Å². The summed E-state index contributed by atoms with van der Waals surface area (Å²) in [6.07, 6.45) is 2.07. The first-order valence-electron chi connectivity index (χ1n) is 8.56. The van der Waals surface area contributed by atoms with Crippen molar-refractivity contribution in [3.63, 3.8) is 0 Å². The molecular weight excluding hydrogens is 272 g/mol. The maximum absolute atomic E-state index is 12.5. The lowest BCUT2D eigenvalue weighted by Gasteiger charge is -2.53. The van der Waals surface area contributed by atoms with Crippen LogP contribution in [0.4, 0.5) is 0 Å². The van der Waals surface area contributed by atoms with E-state index in [1.807, 2.05) is 0 Å². The van der Waals surface area contributed by atoms with E-state index in [0.29, 0.717) is 11.8 Å². The van der Waals surface area contributed by atoms with Crippen molar-refractivity contribution in [3.8, 4) is 0 Å². The Morgan fingerprint density at radius 1 is 1.14 bits per heavy atom. The molecule has 3 rings (SSSR count). The third-order valence-corrected chi connectivity index (χ3v) is 5.16. The average Bonchev–Trinajstić information content (AvgIpc) is 2.50. The average molecular weight is 300 g/mol. The molecule has 0 unspecified atom stereocenters. The Kier molecular flexibility index (Phi) is 4.26. The summed E-state index contributed by atoms with van der Waals surface area (Å²) in [4.78, 5) is 17.0. The van der Waals surface area contributed by atoms with Crippen LogP contribution in [0.3, 0.4) is 0 Å². The van der Waals surface area contributed by atoms with Gasteiger partial charge < -0.3 is 4.90 Å². The van der Waals surface area contributed by atoms with Crippen LogP contribution < -0.4 is 0 Å². The molecular formula is C19H28N2O. The molecule has 1 spiro atoms. The van der Waals surface area contributed by atoms with Crippen molar-refractivity contribution in [1.29, 1.82) is 0 Å². The molecule has 1 aromatic carbocycles. The van der Waals surface area contributed by atoms with Crippen molar-refractivity contribution in [3.05, 3.63) is 35.4 Å². The van der Waals surface area contributed by atoms with E-state index in [4.69, 9.17) is 0 Å². The Balaban J connectivity index is 1.51. The Hall–Kier alpha value is -1.35. The molecule has 0 aromatic heterocycles. The highest BCUT2D eigenvalue weighted by Gasteiger charge is 2.52. The maximum atomic E-state index is 12.5. The molecule has 0 saturated carbocycles. The summed E-state index contributed by atoms with van der Waals surface area (Å²) in [6, 6.07) is 8.80. The number of piperidine rings is 1. The molecule has 22 heavy (non-hydrogen) atoms. The van der Waals surface area contributed by atoms with Gasteiger partial charge >= 0.3 is 0 Å². The zero-order valence-corrected chi connectivity index (χ0v) is 14.1. The SMILES string of the molecule is Cc1ccc(CN2CCC3(CC2)CN(CC(C)C)C3=O)cc1. The normalized spacial score (nSPS) is 21.5. The van der Waals surface area contributed by atoms with Crippen LogP contribution in [0.15, 0.2) is 24.3 Å². The van der Waals surface area contributed by atoms with Crippen LogP contribution in [0.1, 0.15) is 37.8 Å². The lowest BCUT2D eigenvalue weighted by atomic mass is 9.70. The van der Waals surface area contributed by atoms with Gasteiger partial charge in [-0.05, 0) is 44.3 Å². The van der Waals surface area contributed by atoms with Crippen LogP contribution in [0.25, 0.3) is 0 Å². The topological polar surface area (TPSA) is 23.6 Å². The first-order valence-corrected chi connectivity index (χ1v) is 8.56. The second-order valence-corrected chi connectivity index (χ2v) is 7.62. The van der Waals surface area contributed by atoms with Crippen molar-refractivity contribution in [1.82, 2.24) is 9.80 Å². The van der Waals surface area contributed by atoms with Gasteiger partial charge in [0.1, 0.15) is 0 Å².